The molecule has 0 aromatic heterocycles. The summed E-state index contributed by atoms with van der Waals surface area (Å²) in [6.07, 6.45) is 8.82. The molecule has 1 aliphatic rings. The van der Waals surface area contributed by atoms with Crippen LogP contribution in [0.1, 0.15) is 75.5 Å². The Morgan fingerprint density at radius 1 is 0.784 bits per heavy atom. The average Bonchev–Trinajstić information content (AvgIpc) is 2.93. The molecule has 4 rings (SSSR count). The molecule has 1 aliphatic heterocycles. The fourth-order valence-corrected chi connectivity index (χ4v) is 6.29. The van der Waals surface area contributed by atoms with Gasteiger partial charge in [0.1, 0.15) is 5.84 Å². The van der Waals surface area contributed by atoms with Gasteiger partial charge in [0.2, 0.25) is 0 Å². The molecule has 0 saturated heterocycles. The summed E-state index contributed by atoms with van der Waals surface area (Å²) in [7, 11) is -3.75. The molecule has 1 unspecified atom stereocenters. The first-order valence-electron chi connectivity index (χ1n) is 13.6. The first kappa shape index (κ1) is 26.9. The van der Waals surface area contributed by atoms with Crippen molar-refractivity contribution in [3.8, 4) is 0 Å². The van der Waals surface area contributed by atoms with Crippen molar-refractivity contribution in [3.05, 3.63) is 96.1 Å². The third-order valence-corrected chi connectivity index (χ3v) is 8.77. The molecular formula is C31H39N3O2S. The molecule has 0 saturated carbocycles. The minimum atomic E-state index is -3.75. The van der Waals surface area contributed by atoms with Gasteiger partial charge in [0.25, 0.3) is 10.0 Å². The van der Waals surface area contributed by atoms with E-state index in [1.807, 2.05) is 84.7 Å². The quantitative estimate of drug-likeness (QED) is 0.231. The number of amidine groups is 1. The van der Waals surface area contributed by atoms with Crippen LogP contribution in [0.25, 0.3) is 0 Å². The van der Waals surface area contributed by atoms with Crippen LogP contribution in [0, 0.1) is 6.92 Å². The first-order chi connectivity index (χ1) is 18.0. The van der Waals surface area contributed by atoms with E-state index in [1.54, 1.807) is 16.4 Å². The number of rotatable bonds is 12. The van der Waals surface area contributed by atoms with Gasteiger partial charge < -0.3 is 0 Å². The van der Waals surface area contributed by atoms with Gasteiger partial charge in [-0.15, -0.1) is 0 Å². The summed E-state index contributed by atoms with van der Waals surface area (Å²) in [5, 5.41) is 7.05. The fraction of sp³-hybridized carbons (Fsp3) is 0.387. The predicted molar refractivity (Wildman–Crippen MR) is 153 cm³/mol. The highest BCUT2D eigenvalue weighted by Crippen LogP contribution is 2.35. The van der Waals surface area contributed by atoms with Crippen LogP contribution in [0.3, 0.4) is 0 Å². The number of hydrogen-bond acceptors (Lipinski definition) is 4. The molecule has 37 heavy (non-hydrogen) atoms. The Labute approximate surface area is 222 Å². The van der Waals surface area contributed by atoms with E-state index in [1.165, 1.54) is 32.1 Å². The maximum absolute atomic E-state index is 14.0. The third kappa shape index (κ3) is 6.80. The van der Waals surface area contributed by atoms with Gasteiger partial charge in [-0.3, -0.25) is 5.01 Å². The van der Waals surface area contributed by atoms with Crippen LogP contribution in [0.5, 0.6) is 0 Å². The van der Waals surface area contributed by atoms with Gasteiger partial charge in [0, 0.05) is 6.42 Å². The van der Waals surface area contributed by atoms with Crippen molar-refractivity contribution in [3.63, 3.8) is 0 Å². The third-order valence-electron chi connectivity index (χ3n) is 6.96. The van der Waals surface area contributed by atoms with E-state index in [9.17, 15) is 8.42 Å². The van der Waals surface area contributed by atoms with Crippen LogP contribution in [0.4, 0.5) is 5.69 Å². The summed E-state index contributed by atoms with van der Waals surface area (Å²) >= 11 is 0. The van der Waals surface area contributed by atoms with Gasteiger partial charge in [0.15, 0.2) is 0 Å². The predicted octanol–water partition coefficient (Wildman–Crippen LogP) is 7.70. The van der Waals surface area contributed by atoms with Crippen molar-refractivity contribution < 1.29 is 8.42 Å². The van der Waals surface area contributed by atoms with Crippen molar-refractivity contribution in [1.82, 2.24) is 4.31 Å². The summed E-state index contributed by atoms with van der Waals surface area (Å²) in [4.78, 5) is 0.310. The highest BCUT2D eigenvalue weighted by atomic mass is 32.2. The molecule has 0 amide bonds. The van der Waals surface area contributed by atoms with Crippen LogP contribution in [-0.4, -0.2) is 25.1 Å². The number of anilines is 1. The number of sulfonamides is 1. The molecule has 0 bridgehead atoms. The summed E-state index contributed by atoms with van der Waals surface area (Å²) in [5.41, 5.74) is 3.03. The highest BCUT2D eigenvalue weighted by Gasteiger charge is 2.37. The van der Waals surface area contributed by atoms with E-state index in [2.05, 4.69) is 6.92 Å². The van der Waals surface area contributed by atoms with Gasteiger partial charge in [0.05, 0.1) is 23.2 Å². The average molecular weight is 518 g/mol. The number of benzene rings is 3. The molecule has 6 heteroatoms. The van der Waals surface area contributed by atoms with E-state index in [-0.39, 0.29) is 6.04 Å². The maximum Gasteiger partial charge on any atom is 0.265 e. The van der Waals surface area contributed by atoms with E-state index < -0.39 is 10.0 Å². The smallest absolute Gasteiger partial charge is 0.254 e. The van der Waals surface area contributed by atoms with Crippen LogP contribution in [-0.2, 0) is 10.0 Å². The molecule has 1 heterocycles. The fourth-order valence-electron chi connectivity index (χ4n) is 4.81. The molecule has 0 fully saturated rings. The largest absolute Gasteiger partial charge is 0.265 e. The van der Waals surface area contributed by atoms with E-state index in [4.69, 9.17) is 5.10 Å². The molecule has 196 valence electrons. The number of unbranched alkanes of at least 4 members (excludes halogenated alkanes) is 6. The van der Waals surface area contributed by atoms with Crippen LogP contribution in [0.2, 0.25) is 0 Å². The Hall–Kier alpha value is -3.12. The molecular weight excluding hydrogens is 478 g/mol. The zero-order chi connectivity index (χ0) is 26.1. The monoisotopic (exact) mass is 517 g/mol. The standard InChI is InChI=1S/C31H39N3O2S/c1-3-4-5-6-7-8-15-20-31-32-34(28-18-13-10-14-19-28)30(27-16-11-9-12-17-27)25-33(31)37(35,36)29-23-21-26(2)22-24-29/h9-14,16-19,21-24,30H,3-8,15,20,25H2,1-2H3. The molecule has 5 nitrogen and oxygen atoms in total. The Morgan fingerprint density at radius 3 is 2.03 bits per heavy atom. The van der Waals surface area contributed by atoms with Crippen LogP contribution >= 0.6 is 0 Å². The van der Waals surface area contributed by atoms with Gasteiger partial charge in [-0.25, -0.2) is 12.7 Å². The first-order valence-corrected chi connectivity index (χ1v) is 15.0. The van der Waals surface area contributed by atoms with E-state index >= 15 is 0 Å². The number of hydrazone groups is 1. The summed E-state index contributed by atoms with van der Waals surface area (Å²) in [6.45, 7) is 4.50. The summed E-state index contributed by atoms with van der Waals surface area (Å²) in [5.74, 6) is 0.616. The zero-order valence-corrected chi connectivity index (χ0v) is 22.9. The lowest BCUT2D eigenvalue weighted by atomic mass is 10.0. The molecule has 0 spiro atoms. The van der Waals surface area contributed by atoms with Gasteiger partial charge in [-0.2, -0.15) is 5.10 Å². The Balaban J connectivity index is 1.68. The second kappa shape index (κ2) is 12.9. The minimum absolute atomic E-state index is 0.235. The number of nitrogens with zero attached hydrogens (tertiary/aromatic N) is 3. The zero-order valence-electron chi connectivity index (χ0n) is 22.1. The second-order valence-corrected chi connectivity index (χ2v) is 11.7. The second-order valence-electron chi connectivity index (χ2n) is 9.84. The molecule has 3 aromatic rings. The molecule has 3 aromatic carbocycles. The minimum Gasteiger partial charge on any atom is -0.254 e. The maximum atomic E-state index is 14.0. The van der Waals surface area contributed by atoms with Crippen molar-refractivity contribution in [2.75, 3.05) is 11.6 Å². The number of hydrogen-bond donors (Lipinski definition) is 0. The Bertz CT molecular complexity index is 1240. The van der Waals surface area contributed by atoms with Crippen molar-refractivity contribution >= 4 is 21.5 Å². The van der Waals surface area contributed by atoms with Crippen LogP contribution in [0.15, 0.2) is 94.9 Å². The molecule has 0 N–H and O–H groups in total. The van der Waals surface area contributed by atoms with Gasteiger partial charge in [-0.05, 0) is 43.2 Å². The van der Waals surface area contributed by atoms with Crippen molar-refractivity contribution in [2.24, 2.45) is 5.10 Å². The lowest BCUT2D eigenvalue weighted by Gasteiger charge is -2.40. The van der Waals surface area contributed by atoms with Crippen LogP contribution < -0.4 is 5.01 Å². The molecule has 0 aliphatic carbocycles. The highest BCUT2D eigenvalue weighted by molar-refractivity contribution is 7.89. The molecule has 1 atom stereocenters. The number of aryl methyl sites for hydroxylation is 1. The SMILES string of the molecule is CCCCCCCCCC1=NN(c2ccccc2)C(c2ccccc2)CN1S(=O)(=O)c1ccc(C)cc1. The summed E-state index contributed by atoms with van der Waals surface area (Å²) < 4.78 is 29.5. The Morgan fingerprint density at radius 2 is 1.38 bits per heavy atom. The normalized spacial score (nSPS) is 16.1. The topological polar surface area (TPSA) is 53.0 Å². The Kier molecular flexibility index (Phi) is 9.40. The molecule has 0 radical (unpaired) electrons. The summed E-state index contributed by atoms with van der Waals surface area (Å²) in [6, 6.07) is 27.0. The van der Waals surface area contributed by atoms with Crippen molar-refractivity contribution in [1.29, 1.82) is 0 Å². The van der Waals surface area contributed by atoms with Crippen molar-refractivity contribution in [2.45, 2.75) is 76.2 Å². The van der Waals surface area contributed by atoms with E-state index in [0.29, 0.717) is 23.7 Å². The van der Waals surface area contributed by atoms with Gasteiger partial charge >= 0.3 is 0 Å². The lowest BCUT2D eigenvalue weighted by Crippen LogP contribution is -2.48. The lowest BCUT2D eigenvalue weighted by molar-refractivity contribution is 0.443. The number of para-hydroxylation sites is 1. The van der Waals surface area contributed by atoms with E-state index in [0.717, 1.165) is 29.7 Å². The van der Waals surface area contributed by atoms with Gasteiger partial charge in [-0.1, -0.05) is 112 Å².